The Kier molecular flexibility index (Phi) is 21.9. The first-order chi connectivity index (χ1) is 18.5. The van der Waals surface area contributed by atoms with Crippen LogP contribution in [-0.4, -0.2) is 77.8 Å². The van der Waals surface area contributed by atoms with Gasteiger partial charge in [0.2, 0.25) is 0 Å². The van der Waals surface area contributed by atoms with E-state index < -0.39 is 32.4 Å². The molecule has 9 heteroatoms. The Morgan fingerprint density at radius 3 is 1.90 bits per heavy atom. The number of quaternary nitrogens is 1. The van der Waals surface area contributed by atoms with E-state index in [9.17, 15) is 24.8 Å². The molecule has 224 valence electrons. The Bertz CT molecular complexity index is 841. The average Bonchev–Trinajstić information content (AvgIpc) is 2.87. The van der Waals surface area contributed by atoms with Crippen molar-refractivity contribution in [3.05, 3.63) is 72.6 Å². The second-order valence-electron chi connectivity index (χ2n) is 10.4. The smallest absolute Gasteiger partial charge is 0.473 e. The van der Waals surface area contributed by atoms with Crippen molar-refractivity contribution in [1.29, 1.82) is 0 Å². The zero-order chi connectivity index (χ0) is 29.4. The molecule has 1 unspecified atom stereocenters. The summed E-state index contributed by atoms with van der Waals surface area (Å²) < 4.78 is 22.6. The number of phosphoric acid groups is 1. The SMILES string of the molecule is CCCCCCCCCC/C=C/C=C/C=C/C=C/C=C/C=C(\O)[C@H](OP(=O)(O)OCC[N+](C)(C)C)[C@@H](O)CO. The zero-order valence-corrected chi connectivity index (χ0v) is 25.3. The number of hydrogen-bond donors (Lipinski definition) is 4. The van der Waals surface area contributed by atoms with E-state index in [-0.39, 0.29) is 6.61 Å². The quantitative estimate of drug-likeness (QED) is 0.0374. The topological polar surface area (TPSA) is 116 Å². The van der Waals surface area contributed by atoms with Crippen LogP contribution in [0.4, 0.5) is 0 Å². The van der Waals surface area contributed by atoms with Crippen LogP contribution < -0.4 is 0 Å². The van der Waals surface area contributed by atoms with Crippen molar-refractivity contribution in [2.45, 2.75) is 76.9 Å². The number of aliphatic hydroxyl groups is 3. The molecule has 0 bridgehead atoms. The van der Waals surface area contributed by atoms with Crippen LogP contribution in [-0.2, 0) is 13.6 Å². The predicted molar refractivity (Wildman–Crippen MR) is 160 cm³/mol. The molecule has 0 aromatic rings. The van der Waals surface area contributed by atoms with E-state index in [0.29, 0.717) is 11.0 Å². The van der Waals surface area contributed by atoms with Crippen LogP contribution >= 0.6 is 7.82 Å². The van der Waals surface area contributed by atoms with Crippen LogP contribution in [0.15, 0.2) is 72.6 Å². The summed E-state index contributed by atoms with van der Waals surface area (Å²) in [6.45, 7) is 1.84. The second-order valence-corrected chi connectivity index (χ2v) is 11.8. The molecule has 0 aliphatic carbocycles. The Labute approximate surface area is 236 Å². The monoisotopic (exact) mass is 570 g/mol. The molecule has 4 N–H and O–H groups in total. The molecule has 0 aromatic carbocycles. The fourth-order valence-electron chi connectivity index (χ4n) is 3.29. The van der Waals surface area contributed by atoms with E-state index >= 15 is 0 Å². The molecule has 0 spiro atoms. The van der Waals surface area contributed by atoms with Gasteiger partial charge in [-0.15, -0.1) is 0 Å². The maximum absolute atomic E-state index is 12.2. The third-order valence-corrected chi connectivity index (χ3v) is 6.61. The van der Waals surface area contributed by atoms with Gasteiger partial charge < -0.3 is 24.7 Å². The van der Waals surface area contributed by atoms with Gasteiger partial charge in [-0.25, -0.2) is 4.57 Å². The van der Waals surface area contributed by atoms with Gasteiger partial charge in [0.25, 0.3) is 0 Å². The van der Waals surface area contributed by atoms with Crippen molar-refractivity contribution < 1.29 is 38.3 Å². The van der Waals surface area contributed by atoms with Gasteiger partial charge in [0.1, 0.15) is 25.0 Å². The van der Waals surface area contributed by atoms with Gasteiger partial charge in [-0.2, -0.15) is 0 Å². The first-order valence-corrected chi connectivity index (χ1v) is 15.5. The summed E-state index contributed by atoms with van der Waals surface area (Å²) in [7, 11) is 1.10. The molecule has 0 aromatic heterocycles. The molecule has 0 aliphatic rings. The lowest BCUT2D eigenvalue weighted by atomic mass is 10.1. The number of hydrogen-bond acceptors (Lipinski definition) is 6. The molecular weight excluding hydrogens is 517 g/mol. The number of allylic oxidation sites excluding steroid dienone is 11. The highest BCUT2D eigenvalue weighted by atomic mass is 31.2. The Morgan fingerprint density at radius 2 is 1.36 bits per heavy atom. The normalized spacial score (nSPS) is 16.8. The molecular formula is C30H53NO7P+. The fraction of sp³-hybridized carbons (Fsp3) is 0.600. The minimum absolute atomic E-state index is 0.0628. The first kappa shape index (κ1) is 37.2. The van der Waals surface area contributed by atoms with Crippen molar-refractivity contribution in [3.63, 3.8) is 0 Å². The molecule has 0 fully saturated rings. The van der Waals surface area contributed by atoms with Crippen LogP contribution in [0.1, 0.15) is 64.7 Å². The van der Waals surface area contributed by atoms with E-state index in [2.05, 4.69) is 19.1 Å². The van der Waals surface area contributed by atoms with Crippen molar-refractivity contribution in [1.82, 2.24) is 0 Å². The number of likely N-dealkylation sites (N-methyl/N-ethyl adjacent to an activating group) is 1. The zero-order valence-electron chi connectivity index (χ0n) is 24.4. The molecule has 3 atom stereocenters. The molecule has 8 nitrogen and oxygen atoms in total. The first-order valence-electron chi connectivity index (χ1n) is 14.0. The number of phosphoric ester groups is 1. The summed E-state index contributed by atoms with van der Waals surface area (Å²) in [5.41, 5.74) is 0. The molecule has 39 heavy (non-hydrogen) atoms. The van der Waals surface area contributed by atoms with E-state index in [1.54, 1.807) is 18.2 Å². The summed E-state index contributed by atoms with van der Waals surface area (Å²) in [4.78, 5) is 9.94. The molecule has 0 radical (unpaired) electrons. The van der Waals surface area contributed by atoms with Gasteiger partial charge in [0.05, 0.1) is 27.7 Å². The van der Waals surface area contributed by atoms with Gasteiger partial charge in [0.15, 0.2) is 6.10 Å². The van der Waals surface area contributed by atoms with E-state index in [1.165, 1.54) is 63.5 Å². The maximum Gasteiger partial charge on any atom is 0.473 e. The summed E-state index contributed by atoms with van der Waals surface area (Å²) in [6.07, 6.45) is 28.3. The van der Waals surface area contributed by atoms with Gasteiger partial charge >= 0.3 is 7.82 Å². The maximum atomic E-state index is 12.2. The summed E-state index contributed by atoms with van der Waals surface area (Å²) in [6, 6.07) is 0. The Morgan fingerprint density at radius 1 is 0.846 bits per heavy atom. The van der Waals surface area contributed by atoms with Crippen molar-refractivity contribution >= 4 is 7.82 Å². The van der Waals surface area contributed by atoms with Gasteiger partial charge in [-0.05, 0) is 18.9 Å². The van der Waals surface area contributed by atoms with Crippen LogP contribution in [0, 0.1) is 0 Å². The highest BCUT2D eigenvalue weighted by Gasteiger charge is 2.33. The van der Waals surface area contributed by atoms with Gasteiger partial charge in [0, 0.05) is 0 Å². The second kappa shape index (κ2) is 23.0. The number of unbranched alkanes of at least 4 members (excludes halogenated alkanes) is 8. The number of aliphatic hydroxyl groups excluding tert-OH is 3. The standard InChI is InChI=1S/C30H52NO7P/c1-5-6-7-8-9-10-11-12-13-14-15-16-17-18-19-20-21-22-23-24-28(33)30(29(34)27-32)38-39(35,36)37-26-25-31(2,3)4/h14-24,29-30,32,34H,5-13,25-27H2,1-4H3,(H-,33,35,36)/p+1/b15-14+,17-16+,19-18+,21-20+,23-22+,28-24-/t29-,30-/m0/s1. The van der Waals surface area contributed by atoms with Crippen LogP contribution in [0.3, 0.4) is 0 Å². The van der Waals surface area contributed by atoms with Crippen LogP contribution in [0.2, 0.25) is 0 Å². The minimum Gasteiger partial charge on any atom is -0.509 e. The highest BCUT2D eigenvalue weighted by molar-refractivity contribution is 7.47. The number of nitrogens with zero attached hydrogens (tertiary/aromatic N) is 1. The fourth-order valence-corrected chi connectivity index (χ4v) is 4.20. The molecule has 0 amide bonds. The largest absolute Gasteiger partial charge is 0.509 e. The molecule has 0 saturated heterocycles. The van der Waals surface area contributed by atoms with Crippen molar-refractivity contribution in [2.24, 2.45) is 0 Å². The predicted octanol–water partition coefficient (Wildman–Crippen LogP) is 6.30. The summed E-state index contributed by atoms with van der Waals surface area (Å²) >= 11 is 0. The van der Waals surface area contributed by atoms with E-state index in [4.69, 9.17) is 9.05 Å². The van der Waals surface area contributed by atoms with Gasteiger partial charge in [-0.3, -0.25) is 9.05 Å². The summed E-state index contributed by atoms with van der Waals surface area (Å²) in [5, 5.41) is 29.4. The minimum atomic E-state index is -4.58. The Hall–Kier alpha value is -1.77. The van der Waals surface area contributed by atoms with E-state index in [1.807, 2.05) is 45.4 Å². The number of rotatable bonds is 23. The molecule has 0 rings (SSSR count). The van der Waals surface area contributed by atoms with Crippen LogP contribution in [0.25, 0.3) is 0 Å². The molecule has 0 heterocycles. The average molecular weight is 571 g/mol. The van der Waals surface area contributed by atoms with Crippen molar-refractivity contribution in [2.75, 3.05) is 40.9 Å². The third-order valence-electron chi connectivity index (χ3n) is 5.61. The van der Waals surface area contributed by atoms with Gasteiger partial charge in [-0.1, -0.05) is 113 Å². The lowest BCUT2D eigenvalue weighted by molar-refractivity contribution is -0.870. The third kappa shape index (κ3) is 23.8. The highest BCUT2D eigenvalue weighted by Crippen LogP contribution is 2.45. The van der Waals surface area contributed by atoms with Crippen LogP contribution in [0.5, 0.6) is 0 Å². The Balaban J connectivity index is 4.45. The molecule has 0 saturated carbocycles. The van der Waals surface area contributed by atoms with E-state index in [0.717, 1.165) is 6.42 Å². The lowest BCUT2D eigenvalue weighted by Crippen LogP contribution is -2.37. The summed E-state index contributed by atoms with van der Waals surface area (Å²) in [5.74, 6) is -0.525. The molecule has 0 aliphatic heterocycles. The lowest BCUT2D eigenvalue weighted by Gasteiger charge is -2.26. The van der Waals surface area contributed by atoms with Crippen molar-refractivity contribution in [3.8, 4) is 0 Å².